The number of carbonyl (C=O) groups is 1. The zero-order chi connectivity index (χ0) is 23.7. The number of hydrogen-bond donors (Lipinski definition) is 4. The molecule has 178 valence electrons. The van der Waals surface area contributed by atoms with Crippen LogP contribution in [0.4, 0.5) is 13.2 Å². The number of ether oxygens (including phenoxy) is 1. The first-order valence-electron chi connectivity index (χ1n) is 10.4. The number of rotatable bonds is 10. The standard InChI is InChI=1S/C22H28F3NO5S/c23-22(24,25)15-7-5-6-14(10-15)12-26-21(32)31-13-17-16(18(27)11-19(17)28)8-3-1-2-4-9-20(29)30/h1,3,5-7,10,16-19,27-28H,2,4,8-9,11-13H2,(H,26,32)(H,29,30)/b3-1-/t16-,17-,18+,19-/m1/s1. The number of aliphatic hydroxyl groups is 2. The Bertz CT molecular complexity index is 802. The predicted octanol–water partition coefficient (Wildman–Crippen LogP) is 3.66. The highest BCUT2D eigenvalue weighted by Crippen LogP contribution is 2.35. The second-order valence-electron chi connectivity index (χ2n) is 7.84. The van der Waals surface area contributed by atoms with Gasteiger partial charge in [0.15, 0.2) is 0 Å². The van der Waals surface area contributed by atoms with Gasteiger partial charge in [-0.3, -0.25) is 4.79 Å². The van der Waals surface area contributed by atoms with E-state index in [1.807, 2.05) is 12.2 Å². The van der Waals surface area contributed by atoms with Gasteiger partial charge in [0.25, 0.3) is 5.17 Å². The third-order valence-electron chi connectivity index (χ3n) is 5.46. The second-order valence-corrected chi connectivity index (χ2v) is 8.21. The van der Waals surface area contributed by atoms with E-state index in [0.717, 1.165) is 12.1 Å². The van der Waals surface area contributed by atoms with Crippen LogP contribution in [0.5, 0.6) is 0 Å². The molecule has 0 spiro atoms. The van der Waals surface area contributed by atoms with Crippen LogP contribution in [-0.2, 0) is 22.3 Å². The van der Waals surface area contributed by atoms with Crippen LogP contribution in [0.1, 0.15) is 43.2 Å². The van der Waals surface area contributed by atoms with Crippen molar-refractivity contribution in [1.29, 1.82) is 0 Å². The van der Waals surface area contributed by atoms with Crippen LogP contribution in [0.3, 0.4) is 0 Å². The smallest absolute Gasteiger partial charge is 0.416 e. The Morgan fingerprint density at radius 2 is 1.94 bits per heavy atom. The van der Waals surface area contributed by atoms with Crippen molar-refractivity contribution in [2.24, 2.45) is 11.8 Å². The molecule has 1 saturated carbocycles. The average molecular weight is 476 g/mol. The van der Waals surface area contributed by atoms with Gasteiger partial charge in [0.2, 0.25) is 0 Å². The summed E-state index contributed by atoms with van der Waals surface area (Å²) >= 11 is 5.10. The lowest BCUT2D eigenvalue weighted by molar-refractivity contribution is -0.138. The summed E-state index contributed by atoms with van der Waals surface area (Å²) in [6, 6.07) is 4.89. The molecule has 32 heavy (non-hydrogen) atoms. The molecule has 0 amide bonds. The summed E-state index contributed by atoms with van der Waals surface area (Å²) in [5.74, 6) is -1.45. The average Bonchev–Trinajstić information content (AvgIpc) is 2.99. The van der Waals surface area contributed by atoms with Gasteiger partial charge >= 0.3 is 12.1 Å². The lowest BCUT2D eigenvalue weighted by Crippen LogP contribution is -2.31. The van der Waals surface area contributed by atoms with Gasteiger partial charge in [0.05, 0.1) is 24.4 Å². The van der Waals surface area contributed by atoms with Gasteiger partial charge in [-0.1, -0.05) is 24.3 Å². The number of aliphatic hydroxyl groups excluding tert-OH is 2. The van der Waals surface area contributed by atoms with E-state index in [1.165, 1.54) is 6.07 Å². The van der Waals surface area contributed by atoms with Gasteiger partial charge in [-0.2, -0.15) is 13.2 Å². The summed E-state index contributed by atoms with van der Waals surface area (Å²) in [6.07, 6.45) is -0.203. The highest BCUT2D eigenvalue weighted by atomic mass is 32.1. The minimum atomic E-state index is -4.42. The van der Waals surface area contributed by atoms with Gasteiger partial charge in [-0.25, -0.2) is 0 Å². The Kier molecular flexibility index (Phi) is 9.92. The van der Waals surface area contributed by atoms with Crippen molar-refractivity contribution in [2.75, 3.05) is 6.61 Å². The van der Waals surface area contributed by atoms with Crippen molar-refractivity contribution < 1.29 is 38.0 Å². The summed E-state index contributed by atoms with van der Waals surface area (Å²) in [5.41, 5.74) is -0.349. The molecule has 4 N–H and O–H groups in total. The van der Waals surface area contributed by atoms with E-state index in [9.17, 15) is 28.2 Å². The van der Waals surface area contributed by atoms with Crippen LogP contribution < -0.4 is 5.32 Å². The SMILES string of the molecule is O=C(O)CCC/C=C\C[C@@H]1[C@@H](COC(=S)NCc2cccc(C(F)(F)F)c2)[C@H](O)C[C@@H]1O. The normalized spacial score (nSPS) is 23.4. The summed E-state index contributed by atoms with van der Waals surface area (Å²) in [6.45, 7) is 0.116. The van der Waals surface area contributed by atoms with E-state index in [1.54, 1.807) is 6.07 Å². The summed E-state index contributed by atoms with van der Waals surface area (Å²) < 4.78 is 43.9. The quantitative estimate of drug-likeness (QED) is 0.233. The number of carboxylic acid groups (broad SMARTS) is 1. The molecule has 1 aromatic carbocycles. The van der Waals surface area contributed by atoms with Crippen molar-refractivity contribution in [2.45, 2.75) is 57.0 Å². The van der Waals surface area contributed by atoms with Gasteiger partial charge in [0, 0.05) is 18.9 Å². The van der Waals surface area contributed by atoms with E-state index >= 15 is 0 Å². The molecular formula is C22H28F3NO5S. The number of unbranched alkanes of at least 4 members (excludes halogenated alkanes) is 1. The zero-order valence-corrected chi connectivity index (χ0v) is 18.2. The minimum Gasteiger partial charge on any atom is -0.481 e. The molecule has 6 nitrogen and oxygen atoms in total. The molecule has 0 radical (unpaired) electrons. The first kappa shape index (κ1) is 26.1. The second kappa shape index (κ2) is 12.2. The highest BCUT2D eigenvalue weighted by molar-refractivity contribution is 7.80. The number of allylic oxidation sites excluding steroid dienone is 2. The van der Waals surface area contributed by atoms with Crippen LogP contribution >= 0.6 is 12.2 Å². The first-order valence-corrected chi connectivity index (χ1v) is 10.8. The Hall–Kier alpha value is -2.17. The maximum Gasteiger partial charge on any atom is 0.416 e. The van der Waals surface area contributed by atoms with Crippen molar-refractivity contribution in [1.82, 2.24) is 5.32 Å². The number of thiocarbonyl (C=S) groups is 1. The first-order chi connectivity index (χ1) is 15.1. The zero-order valence-electron chi connectivity index (χ0n) is 17.4. The van der Waals surface area contributed by atoms with Crippen LogP contribution in [0, 0.1) is 11.8 Å². The number of alkyl halides is 3. The molecule has 0 bridgehead atoms. The van der Waals surface area contributed by atoms with Crippen LogP contribution in [0.15, 0.2) is 36.4 Å². The molecule has 1 aliphatic carbocycles. The number of nitrogens with one attached hydrogen (secondary N) is 1. The monoisotopic (exact) mass is 475 g/mol. The predicted molar refractivity (Wildman–Crippen MR) is 116 cm³/mol. The Labute approximate surface area is 190 Å². The van der Waals surface area contributed by atoms with E-state index in [-0.39, 0.29) is 43.0 Å². The molecular weight excluding hydrogens is 447 g/mol. The number of halogens is 3. The molecule has 0 heterocycles. The number of hydrogen-bond acceptors (Lipinski definition) is 5. The molecule has 0 aromatic heterocycles. The van der Waals surface area contributed by atoms with Gasteiger partial charge in [-0.05, 0) is 61.5 Å². The number of carboxylic acids is 1. The van der Waals surface area contributed by atoms with Gasteiger partial charge < -0.3 is 25.4 Å². The van der Waals surface area contributed by atoms with Crippen LogP contribution in [-0.4, -0.2) is 45.3 Å². The Morgan fingerprint density at radius 3 is 2.62 bits per heavy atom. The molecule has 1 fully saturated rings. The van der Waals surface area contributed by atoms with Gasteiger partial charge in [-0.15, -0.1) is 0 Å². The molecule has 0 unspecified atom stereocenters. The van der Waals surface area contributed by atoms with Gasteiger partial charge in [0.1, 0.15) is 0 Å². The Morgan fingerprint density at radius 1 is 1.22 bits per heavy atom. The van der Waals surface area contributed by atoms with E-state index < -0.39 is 29.9 Å². The van der Waals surface area contributed by atoms with Crippen LogP contribution in [0.25, 0.3) is 0 Å². The number of benzene rings is 1. The van der Waals surface area contributed by atoms with Crippen molar-refractivity contribution in [3.05, 3.63) is 47.5 Å². The fourth-order valence-corrected chi connectivity index (χ4v) is 3.87. The Balaban J connectivity index is 1.80. The minimum absolute atomic E-state index is 0.000959. The van der Waals surface area contributed by atoms with E-state index in [0.29, 0.717) is 24.8 Å². The maximum atomic E-state index is 12.8. The highest BCUT2D eigenvalue weighted by Gasteiger charge is 2.41. The molecule has 1 aliphatic rings. The molecule has 4 atom stereocenters. The molecule has 2 rings (SSSR count). The summed E-state index contributed by atoms with van der Waals surface area (Å²) in [7, 11) is 0. The van der Waals surface area contributed by atoms with Crippen molar-refractivity contribution in [3.8, 4) is 0 Å². The van der Waals surface area contributed by atoms with E-state index in [2.05, 4.69) is 5.32 Å². The lowest BCUT2D eigenvalue weighted by Gasteiger charge is -2.23. The fraction of sp³-hybridized carbons (Fsp3) is 0.545. The fourth-order valence-electron chi connectivity index (χ4n) is 3.73. The largest absolute Gasteiger partial charge is 0.481 e. The molecule has 10 heteroatoms. The number of aliphatic carboxylic acids is 1. The summed E-state index contributed by atoms with van der Waals surface area (Å²) in [4.78, 5) is 10.5. The lowest BCUT2D eigenvalue weighted by atomic mass is 9.91. The summed E-state index contributed by atoms with van der Waals surface area (Å²) in [5, 5.41) is 31.9. The van der Waals surface area contributed by atoms with Crippen molar-refractivity contribution in [3.63, 3.8) is 0 Å². The topological polar surface area (TPSA) is 99.0 Å². The third kappa shape index (κ3) is 8.40. The third-order valence-corrected chi connectivity index (χ3v) is 5.72. The van der Waals surface area contributed by atoms with Crippen molar-refractivity contribution >= 4 is 23.4 Å². The molecule has 0 aliphatic heterocycles. The maximum absolute atomic E-state index is 12.8. The molecule has 1 aromatic rings. The van der Waals surface area contributed by atoms with Crippen LogP contribution in [0.2, 0.25) is 0 Å². The van der Waals surface area contributed by atoms with E-state index in [4.69, 9.17) is 22.1 Å². The molecule has 0 saturated heterocycles.